The Hall–Kier alpha value is -1.20. The van der Waals surface area contributed by atoms with Crippen LogP contribution in [-0.4, -0.2) is 59.0 Å². The molecule has 156 valence electrons. The van der Waals surface area contributed by atoms with E-state index < -0.39 is 5.79 Å². The summed E-state index contributed by atoms with van der Waals surface area (Å²) in [7, 11) is 0. The summed E-state index contributed by atoms with van der Waals surface area (Å²) in [6, 6.07) is -0.141. The van der Waals surface area contributed by atoms with Crippen LogP contribution in [-0.2, 0) is 14.2 Å². The number of nitrogen functional groups attached to an aromatic ring is 1. The number of nitrogens with two attached hydrogens (primary N) is 1. The molecule has 11 heteroatoms. The summed E-state index contributed by atoms with van der Waals surface area (Å²) in [4.78, 5) is 19.1. The van der Waals surface area contributed by atoms with Gasteiger partial charge in [-0.2, -0.15) is 4.91 Å². The molecule has 0 radical (unpaired) electrons. The first-order valence-corrected chi connectivity index (χ1v) is 10.7. The van der Waals surface area contributed by atoms with Gasteiger partial charge >= 0.3 is 0 Å². The molecule has 0 bridgehead atoms. The lowest BCUT2D eigenvalue weighted by Crippen LogP contribution is -2.35. The molecular weight excluding hydrogens is 406 g/mol. The number of thioether (sulfide) groups is 1. The lowest BCUT2D eigenvalue weighted by atomic mass is 10.2. The Morgan fingerprint density at radius 2 is 2.14 bits per heavy atom. The fourth-order valence-electron chi connectivity index (χ4n) is 3.45. The second kappa shape index (κ2) is 9.08. The Morgan fingerprint density at radius 1 is 1.39 bits per heavy atom. The van der Waals surface area contributed by atoms with Crippen molar-refractivity contribution in [2.75, 3.05) is 30.0 Å². The minimum absolute atomic E-state index is 0.0999. The van der Waals surface area contributed by atoms with Crippen molar-refractivity contribution in [2.45, 2.75) is 68.9 Å². The number of rotatable bonds is 9. The van der Waals surface area contributed by atoms with Crippen LogP contribution in [0.2, 0.25) is 5.15 Å². The maximum Gasteiger partial charge on any atom is 0.191 e. The second-order valence-corrected chi connectivity index (χ2v) is 8.64. The number of aromatic nitrogens is 2. The van der Waals surface area contributed by atoms with Crippen LogP contribution in [0.5, 0.6) is 0 Å². The van der Waals surface area contributed by atoms with E-state index in [1.54, 1.807) is 0 Å². The topological polar surface area (TPSA) is 121 Å². The summed E-state index contributed by atoms with van der Waals surface area (Å²) < 4.78 is 17.9. The molecule has 2 fully saturated rings. The highest BCUT2D eigenvalue weighted by atomic mass is 35.5. The zero-order valence-corrected chi connectivity index (χ0v) is 17.8. The maximum atomic E-state index is 10.4. The highest BCUT2D eigenvalue weighted by molar-refractivity contribution is 7.99. The molecule has 4 atom stereocenters. The van der Waals surface area contributed by atoms with E-state index in [-0.39, 0.29) is 42.7 Å². The Bertz CT molecular complexity index is 710. The molecule has 1 aliphatic heterocycles. The molecule has 0 spiro atoms. The van der Waals surface area contributed by atoms with E-state index in [1.165, 1.54) is 11.8 Å². The van der Waals surface area contributed by atoms with Crippen LogP contribution in [0.1, 0.15) is 33.6 Å². The van der Waals surface area contributed by atoms with E-state index in [1.807, 2.05) is 13.8 Å². The van der Waals surface area contributed by atoms with E-state index in [4.69, 9.17) is 31.5 Å². The van der Waals surface area contributed by atoms with Gasteiger partial charge in [-0.25, -0.2) is 9.97 Å². The van der Waals surface area contributed by atoms with Gasteiger partial charge in [0.15, 0.2) is 21.9 Å². The molecule has 0 aromatic carbocycles. The van der Waals surface area contributed by atoms with Crippen molar-refractivity contribution >= 4 is 34.9 Å². The summed E-state index contributed by atoms with van der Waals surface area (Å²) in [5.41, 5.74) is 6.40. The van der Waals surface area contributed by atoms with Crippen molar-refractivity contribution in [3.05, 3.63) is 10.1 Å². The monoisotopic (exact) mass is 431 g/mol. The minimum atomic E-state index is -0.725. The number of nitroso groups, excluding NO2 is 1. The normalized spacial score (nSPS) is 28.3. The van der Waals surface area contributed by atoms with Gasteiger partial charge in [-0.15, -0.1) is 0 Å². The van der Waals surface area contributed by atoms with Crippen molar-refractivity contribution in [3.63, 3.8) is 0 Å². The largest absolute Gasteiger partial charge is 0.393 e. The number of nitrogens with one attached hydrogen (secondary N) is 1. The number of hydrogen-bond acceptors (Lipinski definition) is 10. The summed E-state index contributed by atoms with van der Waals surface area (Å²) >= 11 is 7.73. The molecule has 0 unspecified atom stereocenters. The Balaban J connectivity index is 1.77. The number of ether oxygens (including phenoxy) is 3. The fourth-order valence-corrected chi connectivity index (χ4v) is 4.36. The number of nitrogens with zero attached hydrogens (tertiary/aromatic N) is 3. The number of halogens is 1. The lowest BCUT2D eigenvalue weighted by molar-refractivity contribution is -0.166. The zero-order valence-electron chi connectivity index (χ0n) is 16.2. The van der Waals surface area contributed by atoms with E-state index in [0.29, 0.717) is 23.1 Å². The standard InChI is InChI=1S/C17H26ClN5O4S/c1-4-7-28-16-22-14(18)11(19)15(23-16)21-9-8-10(25-6-5-20-24)13-12(9)26-17(2,3)27-13/h9-10,12-13H,4-8,19H2,1-3H3,(H,21,22,23)/t9-,10+,12+,13-/m1/s1. The van der Waals surface area contributed by atoms with Gasteiger partial charge in [0.1, 0.15) is 24.4 Å². The quantitative estimate of drug-likeness (QED) is 0.199. The van der Waals surface area contributed by atoms with Crippen molar-refractivity contribution in [2.24, 2.45) is 5.18 Å². The fraction of sp³-hybridized carbons (Fsp3) is 0.765. The van der Waals surface area contributed by atoms with Crippen LogP contribution in [0, 0.1) is 4.91 Å². The number of hydrogen-bond donors (Lipinski definition) is 2. The minimum Gasteiger partial charge on any atom is -0.393 e. The van der Waals surface area contributed by atoms with Gasteiger partial charge in [-0.1, -0.05) is 35.5 Å². The van der Waals surface area contributed by atoms with Gasteiger partial charge in [0.25, 0.3) is 0 Å². The average molecular weight is 432 g/mol. The Labute approximate surface area is 173 Å². The van der Waals surface area contributed by atoms with Gasteiger partial charge in [0, 0.05) is 5.75 Å². The van der Waals surface area contributed by atoms with Gasteiger partial charge < -0.3 is 25.3 Å². The highest BCUT2D eigenvalue weighted by Gasteiger charge is 2.54. The summed E-state index contributed by atoms with van der Waals surface area (Å²) in [6.45, 7) is 6.16. The third-order valence-corrected chi connectivity index (χ3v) is 5.90. The van der Waals surface area contributed by atoms with E-state index >= 15 is 0 Å². The molecule has 1 saturated carbocycles. The SMILES string of the molecule is CCCSc1nc(Cl)c(N)c(N[C@@H]2C[C@H](OCCN=O)[C@H]3OC(C)(C)O[C@H]32)n1. The van der Waals surface area contributed by atoms with Crippen LogP contribution >= 0.6 is 23.4 Å². The third kappa shape index (κ3) is 4.85. The van der Waals surface area contributed by atoms with Gasteiger partial charge in [0.2, 0.25) is 0 Å². The van der Waals surface area contributed by atoms with Gasteiger partial charge in [0.05, 0.1) is 18.8 Å². The Morgan fingerprint density at radius 3 is 2.86 bits per heavy atom. The maximum absolute atomic E-state index is 10.4. The molecule has 2 heterocycles. The van der Waals surface area contributed by atoms with Crippen molar-refractivity contribution in [3.8, 4) is 0 Å². The van der Waals surface area contributed by atoms with E-state index in [2.05, 4.69) is 27.4 Å². The van der Waals surface area contributed by atoms with Crippen LogP contribution in [0.4, 0.5) is 11.5 Å². The number of anilines is 2. The second-order valence-electron chi connectivity index (χ2n) is 7.22. The van der Waals surface area contributed by atoms with Crippen molar-refractivity contribution < 1.29 is 14.2 Å². The van der Waals surface area contributed by atoms with Crippen LogP contribution in [0.15, 0.2) is 10.3 Å². The number of fused-ring (bicyclic) bond motifs is 1. The van der Waals surface area contributed by atoms with Crippen LogP contribution < -0.4 is 11.1 Å². The highest BCUT2D eigenvalue weighted by Crippen LogP contribution is 2.41. The summed E-state index contributed by atoms with van der Waals surface area (Å²) in [5, 5.41) is 6.99. The molecule has 3 rings (SSSR count). The molecule has 3 N–H and O–H groups in total. The van der Waals surface area contributed by atoms with E-state index in [0.717, 1.165) is 12.2 Å². The first kappa shape index (κ1) is 21.5. The van der Waals surface area contributed by atoms with Crippen LogP contribution in [0.25, 0.3) is 0 Å². The molecule has 0 amide bonds. The third-order valence-electron chi connectivity index (χ3n) is 4.56. The molecule has 1 aromatic heterocycles. The van der Waals surface area contributed by atoms with E-state index in [9.17, 15) is 4.91 Å². The molecule has 1 aromatic rings. The summed E-state index contributed by atoms with van der Waals surface area (Å²) in [6.07, 6.45) is 0.886. The van der Waals surface area contributed by atoms with Gasteiger partial charge in [-0.05, 0) is 26.7 Å². The zero-order chi connectivity index (χ0) is 20.3. The first-order chi connectivity index (χ1) is 13.3. The molecule has 9 nitrogen and oxygen atoms in total. The van der Waals surface area contributed by atoms with Crippen LogP contribution in [0.3, 0.4) is 0 Å². The molecule has 1 saturated heterocycles. The molecule has 2 aliphatic rings. The Kier molecular flexibility index (Phi) is 6.98. The predicted molar refractivity (Wildman–Crippen MR) is 109 cm³/mol. The smallest absolute Gasteiger partial charge is 0.191 e. The molecular formula is C17H26ClN5O4S. The van der Waals surface area contributed by atoms with Crippen molar-refractivity contribution in [1.29, 1.82) is 0 Å². The van der Waals surface area contributed by atoms with Gasteiger partial charge in [-0.3, -0.25) is 0 Å². The molecule has 28 heavy (non-hydrogen) atoms. The first-order valence-electron chi connectivity index (χ1n) is 9.33. The average Bonchev–Trinajstić information content (AvgIpc) is 3.11. The molecule has 1 aliphatic carbocycles. The summed E-state index contributed by atoms with van der Waals surface area (Å²) in [5.74, 6) is 0.641. The van der Waals surface area contributed by atoms with Crippen molar-refractivity contribution in [1.82, 2.24) is 9.97 Å². The predicted octanol–water partition coefficient (Wildman–Crippen LogP) is 3.07. The lowest BCUT2D eigenvalue weighted by Gasteiger charge is -2.24.